The molecule has 0 radical (unpaired) electrons. The lowest BCUT2D eigenvalue weighted by Crippen LogP contribution is -2.05. The minimum atomic E-state index is 0.420. The van der Waals surface area contributed by atoms with E-state index in [-0.39, 0.29) is 0 Å². The van der Waals surface area contributed by atoms with Crippen LogP contribution in [0.2, 0.25) is 0 Å². The van der Waals surface area contributed by atoms with Crippen LogP contribution in [0, 0.1) is 6.92 Å². The summed E-state index contributed by atoms with van der Waals surface area (Å²) in [6.07, 6.45) is 3.24. The van der Waals surface area contributed by atoms with Crippen LogP contribution in [0.4, 0.5) is 28.1 Å². The molecule has 142 valence electrons. The van der Waals surface area contributed by atoms with E-state index in [1.54, 1.807) is 17.5 Å². The SMILES string of the molecule is Cc1ccc2nc(Nc3ncnc(Nc4cccc5ncccc45)c3N)sc2c1. The Morgan fingerprint density at radius 2 is 1.76 bits per heavy atom. The lowest BCUT2D eigenvalue weighted by molar-refractivity contribution is 1.17. The molecule has 0 amide bonds. The smallest absolute Gasteiger partial charge is 0.189 e. The van der Waals surface area contributed by atoms with Crippen molar-refractivity contribution in [1.82, 2.24) is 19.9 Å². The molecule has 0 unspecified atom stereocenters. The maximum Gasteiger partial charge on any atom is 0.189 e. The number of pyridine rings is 1. The number of anilines is 5. The van der Waals surface area contributed by atoms with Crippen LogP contribution in [0.1, 0.15) is 5.56 Å². The highest BCUT2D eigenvalue weighted by Gasteiger charge is 2.12. The topological polar surface area (TPSA) is 102 Å². The first kappa shape index (κ1) is 17.3. The van der Waals surface area contributed by atoms with Gasteiger partial charge >= 0.3 is 0 Å². The summed E-state index contributed by atoms with van der Waals surface area (Å²) < 4.78 is 1.11. The average molecular weight is 399 g/mol. The molecule has 5 rings (SSSR count). The van der Waals surface area contributed by atoms with E-state index in [0.29, 0.717) is 17.3 Å². The lowest BCUT2D eigenvalue weighted by atomic mass is 10.2. The molecule has 5 aromatic rings. The summed E-state index contributed by atoms with van der Waals surface area (Å²) in [5, 5.41) is 8.25. The Labute approximate surface area is 170 Å². The first-order chi connectivity index (χ1) is 14.2. The Kier molecular flexibility index (Phi) is 4.18. The van der Waals surface area contributed by atoms with E-state index in [2.05, 4.69) is 43.6 Å². The predicted molar refractivity (Wildman–Crippen MR) is 119 cm³/mol. The Morgan fingerprint density at radius 1 is 0.897 bits per heavy atom. The van der Waals surface area contributed by atoms with Crippen molar-refractivity contribution in [3.05, 3.63) is 66.6 Å². The van der Waals surface area contributed by atoms with Gasteiger partial charge in [-0.15, -0.1) is 0 Å². The zero-order chi connectivity index (χ0) is 19.8. The van der Waals surface area contributed by atoms with Crippen LogP contribution in [0.25, 0.3) is 21.1 Å². The third-order valence-electron chi connectivity index (χ3n) is 4.55. The number of hydrogen-bond acceptors (Lipinski definition) is 8. The van der Waals surface area contributed by atoms with Gasteiger partial charge in [-0.25, -0.2) is 15.0 Å². The highest BCUT2D eigenvalue weighted by molar-refractivity contribution is 7.22. The molecule has 0 atom stereocenters. The van der Waals surface area contributed by atoms with Crippen molar-refractivity contribution in [3.63, 3.8) is 0 Å². The number of nitrogen functional groups attached to an aromatic ring is 1. The van der Waals surface area contributed by atoms with Gasteiger partial charge in [-0.2, -0.15) is 0 Å². The third kappa shape index (κ3) is 3.30. The van der Waals surface area contributed by atoms with E-state index in [0.717, 1.165) is 31.9 Å². The Bertz CT molecular complexity index is 1340. The molecule has 0 aliphatic heterocycles. The third-order valence-corrected chi connectivity index (χ3v) is 5.49. The molecular formula is C21H17N7S. The van der Waals surface area contributed by atoms with Crippen LogP contribution < -0.4 is 16.4 Å². The van der Waals surface area contributed by atoms with E-state index in [9.17, 15) is 0 Å². The second-order valence-corrected chi connectivity index (χ2v) is 7.63. The van der Waals surface area contributed by atoms with Crippen molar-refractivity contribution in [1.29, 1.82) is 0 Å². The van der Waals surface area contributed by atoms with Crippen LogP contribution >= 0.6 is 11.3 Å². The molecule has 0 fully saturated rings. The molecule has 0 bridgehead atoms. The van der Waals surface area contributed by atoms with Gasteiger partial charge in [0.1, 0.15) is 12.0 Å². The number of aromatic nitrogens is 4. The van der Waals surface area contributed by atoms with E-state index in [4.69, 9.17) is 5.73 Å². The molecule has 0 aliphatic carbocycles. The number of aryl methyl sites for hydroxylation is 1. The molecule has 0 saturated heterocycles. The van der Waals surface area contributed by atoms with Gasteiger partial charge in [-0.05, 0) is 48.9 Å². The monoisotopic (exact) mass is 399 g/mol. The number of benzene rings is 2. The Balaban J connectivity index is 1.47. The molecule has 0 saturated carbocycles. The summed E-state index contributed by atoms with van der Waals surface area (Å²) in [7, 11) is 0. The van der Waals surface area contributed by atoms with Crippen molar-refractivity contribution >= 4 is 60.6 Å². The van der Waals surface area contributed by atoms with Crippen LogP contribution in [0.3, 0.4) is 0 Å². The summed E-state index contributed by atoms with van der Waals surface area (Å²) in [6, 6.07) is 16.0. The highest BCUT2D eigenvalue weighted by atomic mass is 32.1. The summed E-state index contributed by atoms with van der Waals surface area (Å²) >= 11 is 1.56. The van der Waals surface area contributed by atoms with Crippen LogP contribution in [0.15, 0.2) is 61.1 Å². The molecule has 4 N–H and O–H groups in total. The van der Waals surface area contributed by atoms with Gasteiger partial charge in [0.25, 0.3) is 0 Å². The summed E-state index contributed by atoms with van der Waals surface area (Å²) in [5.74, 6) is 1.03. The van der Waals surface area contributed by atoms with Crippen LogP contribution in [-0.2, 0) is 0 Å². The van der Waals surface area contributed by atoms with Crippen molar-refractivity contribution in [3.8, 4) is 0 Å². The van der Waals surface area contributed by atoms with Crippen molar-refractivity contribution in [2.24, 2.45) is 0 Å². The van der Waals surface area contributed by atoms with Gasteiger partial charge in [0, 0.05) is 17.3 Å². The predicted octanol–water partition coefficient (Wildman–Crippen LogP) is 5.01. The number of fused-ring (bicyclic) bond motifs is 2. The Hall–Kier alpha value is -3.78. The molecule has 3 heterocycles. The quantitative estimate of drug-likeness (QED) is 0.390. The number of thiazole rings is 1. The fraction of sp³-hybridized carbons (Fsp3) is 0.0476. The number of hydrogen-bond donors (Lipinski definition) is 3. The van der Waals surface area contributed by atoms with Gasteiger partial charge in [-0.3, -0.25) is 4.98 Å². The van der Waals surface area contributed by atoms with Crippen LogP contribution in [0.5, 0.6) is 0 Å². The van der Waals surface area contributed by atoms with Gasteiger partial charge in [0.15, 0.2) is 16.8 Å². The Morgan fingerprint density at radius 3 is 2.66 bits per heavy atom. The molecule has 29 heavy (non-hydrogen) atoms. The molecule has 0 aliphatic rings. The number of nitrogens with two attached hydrogens (primary N) is 1. The van der Waals surface area contributed by atoms with Gasteiger partial charge in [0.05, 0.1) is 15.7 Å². The van der Waals surface area contributed by atoms with Gasteiger partial charge < -0.3 is 16.4 Å². The maximum absolute atomic E-state index is 6.35. The van der Waals surface area contributed by atoms with Gasteiger partial charge in [-0.1, -0.05) is 23.5 Å². The fourth-order valence-corrected chi connectivity index (χ4v) is 4.08. The molecule has 2 aromatic carbocycles. The largest absolute Gasteiger partial charge is 0.393 e. The zero-order valence-electron chi connectivity index (χ0n) is 15.5. The number of nitrogens with one attached hydrogen (secondary N) is 2. The van der Waals surface area contributed by atoms with Crippen molar-refractivity contribution < 1.29 is 0 Å². The van der Waals surface area contributed by atoms with E-state index >= 15 is 0 Å². The number of nitrogens with zero attached hydrogens (tertiary/aromatic N) is 4. The molecule has 3 aromatic heterocycles. The second kappa shape index (κ2) is 6.99. The molecule has 8 heteroatoms. The van der Waals surface area contributed by atoms with E-state index < -0.39 is 0 Å². The minimum Gasteiger partial charge on any atom is -0.393 e. The first-order valence-corrected chi connectivity index (χ1v) is 9.84. The minimum absolute atomic E-state index is 0.420. The van der Waals surface area contributed by atoms with Gasteiger partial charge in [0.2, 0.25) is 0 Å². The standard InChI is InChI=1S/C21H17N7S/c1-12-7-8-16-17(10-12)29-21(27-16)28-20-18(22)19(24-11-25-20)26-15-6-2-5-14-13(15)4-3-9-23-14/h2-11H,22H2,1H3,(H2,24,25,26,27,28). The highest BCUT2D eigenvalue weighted by Crippen LogP contribution is 2.33. The molecule has 0 spiro atoms. The maximum atomic E-state index is 6.35. The summed E-state index contributed by atoms with van der Waals surface area (Å²) in [5.41, 5.74) is 10.7. The number of rotatable bonds is 4. The summed E-state index contributed by atoms with van der Waals surface area (Å²) in [4.78, 5) is 17.6. The molecular weight excluding hydrogens is 382 g/mol. The zero-order valence-corrected chi connectivity index (χ0v) is 16.4. The average Bonchev–Trinajstić information content (AvgIpc) is 3.12. The van der Waals surface area contributed by atoms with E-state index in [1.165, 1.54) is 11.9 Å². The first-order valence-electron chi connectivity index (χ1n) is 9.03. The second-order valence-electron chi connectivity index (χ2n) is 6.60. The van der Waals surface area contributed by atoms with E-state index in [1.807, 2.05) is 42.5 Å². The summed E-state index contributed by atoms with van der Waals surface area (Å²) in [6.45, 7) is 2.06. The lowest BCUT2D eigenvalue weighted by Gasteiger charge is -2.12. The van der Waals surface area contributed by atoms with Crippen LogP contribution in [-0.4, -0.2) is 19.9 Å². The molecule has 7 nitrogen and oxygen atoms in total. The normalized spacial score (nSPS) is 11.1. The van der Waals surface area contributed by atoms with Crippen molar-refractivity contribution in [2.45, 2.75) is 6.92 Å². The van der Waals surface area contributed by atoms with Crippen molar-refractivity contribution in [2.75, 3.05) is 16.4 Å². The fourth-order valence-electron chi connectivity index (χ4n) is 3.12.